The molecule has 1 atom stereocenters. The van der Waals surface area contributed by atoms with E-state index in [1.165, 1.54) is 12.8 Å². The number of nitrogens with two attached hydrogens (primary N) is 1. The SMILES string of the molecule is CCC1CCCN(C(=O)C(CC)(CC)CN)CC1. The van der Waals surface area contributed by atoms with E-state index < -0.39 is 0 Å². The van der Waals surface area contributed by atoms with Crippen LogP contribution >= 0.6 is 0 Å². The lowest BCUT2D eigenvalue weighted by atomic mass is 9.81. The number of hydrogen-bond donors (Lipinski definition) is 1. The monoisotopic (exact) mass is 254 g/mol. The van der Waals surface area contributed by atoms with Gasteiger partial charge in [-0.25, -0.2) is 0 Å². The maximum Gasteiger partial charge on any atom is 0.230 e. The molecule has 0 radical (unpaired) electrons. The Labute approximate surface area is 112 Å². The Kier molecular flexibility index (Phi) is 6.13. The van der Waals surface area contributed by atoms with Crippen molar-refractivity contribution in [1.29, 1.82) is 0 Å². The Morgan fingerprint density at radius 3 is 2.39 bits per heavy atom. The smallest absolute Gasteiger partial charge is 0.230 e. The molecule has 0 bridgehead atoms. The van der Waals surface area contributed by atoms with E-state index in [1.54, 1.807) is 0 Å². The number of amides is 1. The predicted molar refractivity (Wildman–Crippen MR) is 76.3 cm³/mol. The highest BCUT2D eigenvalue weighted by atomic mass is 16.2. The van der Waals surface area contributed by atoms with Gasteiger partial charge in [-0.15, -0.1) is 0 Å². The first-order valence-electron chi connectivity index (χ1n) is 7.63. The highest BCUT2D eigenvalue weighted by molar-refractivity contribution is 5.83. The average Bonchev–Trinajstić information content (AvgIpc) is 2.66. The summed E-state index contributed by atoms with van der Waals surface area (Å²) >= 11 is 0. The topological polar surface area (TPSA) is 46.3 Å². The molecule has 106 valence electrons. The Morgan fingerprint density at radius 1 is 1.22 bits per heavy atom. The Bertz CT molecular complexity index is 253. The van der Waals surface area contributed by atoms with Crippen molar-refractivity contribution in [2.75, 3.05) is 19.6 Å². The summed E-state index contributed by atoms with van der Waals surface area (Å²) < 4.78 is 0. The standard InChI is InChI=1S/C15H30N2O/c1-4-13-8-7-10-17(11-9-13)14(18)15(5-2,6-3)12-16/h13H,4-12,16H2,1-3H3. The summed E-state index contributed by atoms with van der Waals surface area (Å²) in [6.45, 7) is 8.76. The van der Waals surface area contributed by atoms with Gasteiger partial charge in [0, 0.05) is 19.6 Å². The van der Waals surface area contributed by atoms with Crippen LogP contribution in [0.15, 0.2) is 0 Å². The van der Waals surface area contributed by atoms with Gasteiger partial charge in [-0.05, 0) is 38.0 Å². The molecule has 1 heterocycles. The van der Waals surface area contributed by atoms with Crippen molar-refractivity contribution < 1.29 is 4.79 Å². The van der Waals surface area contributed by atoms with Gasteiger partial charge in [0.15, 0.2) is 0 Å². The van der Waals surface area contributed by atoms with Gasteiger partial charge in [0.2, 0.25) is 5.91 Å². The van der Waals surface area contributed by atoms with Crippen LogP contribution in [0.1, 0.15) is 59.3 Å². The minimum atomic E-state index is -0.313. The molecule has 0 aromatic rings. The molecule has 1 aliphatic rings. The maximum absolute atomic E-state index is 12.7. The van der Waals surface area contributed by atoms with Crippen LogP contribution in [0.3, 0.4) is 0 Å². The molecule has 1 unspecified atom stereocenters. The van der Waals surface area contributed by atoms with Crippen LogP contribution in [0.2, 0.25) is 0 Å². The molecular weight excluding hydrogens is 224 g/mol. The molecular formula is C15H30N2O. The Hall–Kier alpha value is -0.570. The largest absolute Gasteiger partial charge is 0.342 e. The second-order valence-electron chi connectivity index (χ2n) is 5.69. The third-order valence-electron chi connectivity index (χ3n) is 4.91. The van der Waals surface area contributed by atoms with E-state index in [9.17, 15) is 4.79 Å². The third-order valence-corrected chi connectivity index (χ3v) is 4.91. The van der Waals surface area contributed by atoms with Crippen LogP contribution in [-0.4, -0.2) is 30.4 Å². The van der Waals surface area contributed by atoms with Crippen LogP contribution in [0.25, 0.3) is 0 Å². The van der Waals surface area contributed by atoms with Gasteiger partial charge in [0.25, 0.3) is 0 Å². The summed E-state index contributed by atoms with van der Waals surface area (Å²) in [6, 6.07) is 0. The zero-order valence-corrected chi connectivity index (χ0v) is 12.4. The van der Waals surface area contributed by atoms with Crippen LogP contribution in [0.4, 0.5) is 0 Å². The Morgan fingerprint density at radius 2 is 1.89 bits per heavy atom. The van der Waals surface area contributed by atoms with E-state index in [-0.39, 0.29) is 5.41 Å². The van der Waals surface area contributed by atoms with Gasteiger partial charge in [-0.3, -0.25) is 4.79 Å². The molecule has 1 amide bonds. The number of hydrogen-bond acceptors (Lipinski definition) is 2. The Balaban J connectivity index is 2.71. The van der Waals surface area contributed by atoms with Crippen LogP contribution in [0, 0.1) is 11.3 Å². The molecule has 0 aliphatic carbocycles. The molecule has 3 nitrogen and oxygen atoms in total. The van der Waals surface area contributed by atoms with Gasteiger partial charge >= 0.3 is 0 Å². The highest BCUT2D eigenvalue weighted by Gasteiger charge is 2.37. The molecule has 0 aromatic heterocycles. The third kappa shape index (κ3) is 3.25. The molecule has 3 heteroatoms. The molecule has 18 heavy (non-hydrogen) atoms. The molecule has 0 saturated carbocycles. The van der Waals surface area contributed by atoms with Crippen molar-refractivity contribution in [1.82, 2.24) is 4.90 Å². The normalized spacial score (nSPS) is 21.8. The molecule has 1 rings (SSSR count). The maximum atomic E-state index is 12.7. The van der Waals surface area contributed by atoms with E-state index in [0.717, 1.165) is 44.7 Å². The first kappa shape index (κ1) is 15.5. The van der Waals surface area contributed by atoms with E-state index in [2.05, 4.69) is 25.7 Å². The molecule has 1 fully saturated rings. The lowest BCUT2D eigenvalue weighted by molar-refractivity contribution is -0.142. The van der Waals surface area contributed by atoms with Gasteiger partial charge < -0.3 is 10.6 Å². The zero-order chi connectivity index (χ0) is 13.6. The van der Waals surface area contributed by atoms with E-state index in [0.29, 0.717) is 12.5 Å². The number of rotatable bonds is 5. The van der Waals surface area contributed by atoms with Crippen molar-refractivity contribution in [2.24, 2.45) is 17.1 Å². The fourth-order valence-electron chi connectivity index (χ4n) is 3.04. The van der Waals surface area contributed by atoms with Crippen molar-refractivity contribution in [3.05, 3.63) is 0 Å². The van der Waals surface area contributed by atoms with Gasteiger partial charge in [0.1, 0.15) is 0 Å². The van der Waals surface area contributed by atoms with Crippen molar-refractivity contribution in [3.8, 4) is 0 Å². The van der Waals surface area contributed by atoms with Gasteiger partial charge in [-0.1, -0.05) is 27.2 Å². The lowest BCUT2D eigenvalue weighted by Gasteiger charge is -2.34. The summed E-state index contributed by atoms with van der Waals surface area (Å²) in [5.41, 5.74) is 5.57. The fraction of sp³-hybridized carbons (Fsp3) is 0.933. The highest BCUT2D eigenvalue weighted by Crippen LogP contribution is 2.30. The molecule has 0 aromatic carbocycles. The molecule has 1 aliphatic heterocycles. The van der Waals surface area contributed by atoms with Gasteiger partial charge in [0.05, 0.1) is 5.41 Å². The van der Waals surface area contributed by atoms with E-state index in [4.69, 9.17) is 5.73 Å². The lowest BCUT2D eigenvalue weighted by Crippen LogP contribution is -2.48. The van der Waals surface area contributed by atoms with Gasteiger partial charge in [-0.2, -0.15) is 0 Å². The average molecular weight is 254 g/mol. The summed E-state index contributed by atoms with van der Waals surface area (Å²) in [5.74, 6) is 1.10. The van der Waals surface area contributed by atoms with Crippen LogP contribution < -0.4 is 5.73 Å². The number of nitrogens with zero attached hydrogens (tertiary/aromatic N) is 1. The summed E-state index contributed by atoms with van der Waals surface area (Å²) in [5, 5.41) is 0. The second kappa shape index (κ2) is 7.13. The van der Waals surface area contributed by atoms with Crippen molar-refractivity contribution in [2.45, 2.75) is 59.3 Å². The van der Waals surface area contributed by atoms with E-state index >= 15 is 0 Å². The van der Waals surface area contributed by atoms with Crippen LogP contribution in [0.5, 0.6) is 0 Å². The predicted octanol–water partition coefficient (Wildman–Crippen LogP) is 2.79. The zero-order valence-electron chi connectivity index (χ0n) is 12.4. The number of likely N-dealkylation sites (tertiary alicyclic amines) is 1. The molecule has 1 saturated heterocycles. The van der Waals surface area contributed by atoms with Crippen molar-refractivity contribution >= 4 is 5.91 Å². The fourth-order valence-corrected chi connectivity index (χ4v) is 3.04. The minimum Gasteiger partial charge on any atom is -0.342 e. The minimum absolute atomic E-state index is 0.298. The molecule has 2 N–H and O–H groups in total. The second-order valence-corrected chi connectivity index (χ2v) is 5.69. The first-order chi connectivity index (χ1) is 8.63. The van der Waals surface area contributed by atoms with Crippen LogP contribution in [-0.2, 0) is 4.79 Å². The van der Waals surface area contributed by atoms with Crippen molar-refractivity contribution in [3.63, 3.8) is 0 Å². The number of carbonyl (C=O) groups excluding carboxylic acids is 1. The summed E-state index contributed by atoms with van der Waals surface area (Å²) in [7, 11) is 0. The number of carbonyl (C=O) groups is 1. The quantitative estimate of drug-likeness (QED) is 0.820. The summed E-state index contributed by atoms with van der Waals surface area (Å²) in [6.07, 6.45) is 6.54. The summed E-state index contributed by atoms with van der Waals surface area (Å²) in [4.78, 5) is 14.8. The van der Waals surface area contributed by atoms with E-state index in [1.807, 2.05) is 0 Å². The first-order valence-corrected chi connectivity index (χ1v) is 7.63. The molecule has 0 spiro atoms.